The molecule has 1 heterocycles. The molecule has 0 aliphatic heterocycles. The lowest BCUT2D eigenvalue weighted by Gasteiger charge is -2.22. The van der Waals surface area contributed by atoms with E-state index in [1.54, 1.807) is 52.0 Å². The van der Waals surface area contributed by atoms with Gasteiger partial charge in [-0.3, -0.25) is 9.59 Å². The van der Waals surface area contributed by atoms with Crippen LogP contribution in [0.4, 0.5) is 0 Å². The Bertz CT molecular complexity index is 1160. The van der Waals surface area contributed by atoms with E-state index in [-0.39, 0.29) is 16.4 Å². The quantitative estimate of drug-likeness (QED) is 0.535. The number of ether oxygens (including phenoxy) is 2. The number of esters is 1. The summed E-state index contributed by atoms with van der Waals surface area (Å²) in [6, 6.07) is 8.65. The SMILES string of the molecule is COc1ccc2c(=O)c3cc(C(=O)N[C@@H](C)C(=O)OC(C)(C)C)ccc3oc2c1. The van der Waals surface area contributed by atoms with Crippen molar-refractivity contribution < 1.29 is 23.5 Å². The third kappa shape index (κ3) is 4.39. The molecule has 1 aromatic heterocycles. The van der Waals surface area contributed by atoms with Gasteiger partial charge in [0.2, 0.25) is 5.43 Å². The summed E-state index contributed by atoms with van der Waals surface area (Å²) >= 11 is 0. The maximum absolute atomic E-state index is 12.8. The molecule has 7 heteroatoms. The second-order valence-corrected chi connectivity index (χ2v) is 7.73. The maximum Gasteiger partial charge on any atom is 0.328 e. The van der Waals surface area contributed by atoms with Crippen LogP contribution in [0.15, 0.2) is 45.6 Å². The van der Waals surface area contributed by atoms with Crippen molar-refractivity contribution in [3.8, 4) is 5.75 Å². The average Bonchev–Trinajstić information content (AvgIpc) is 2.66. The highest BCUT2D eigenvalue weighted by Crippen LogP contribution is 2.23. The number of fused-ring (bicyclic) bond motifs is 2. The number of hydrogen-bond donors (Lipinski definition) is 1. The van der Waals surface area contributed by atoms with Crippen LogP contribution in [0.25, 0.3) is 21.9 Å². The lowest BCUT2D eigenvalue weighted by molar-refractivity contribution is -0.156. The summed E-state index contributed by atoms with van der Waals surface area (Å²) < 4.78 is 16.2. The standard InChI is InChI=1S/C22H23NO6/c1-12(21(26)29-22(2,3)4)23-20(25)13-6-9-17-16(10-13)19(24)15-8-7-14(27-5)11-18(15)28-17/h6-12H,1-5H3,(H,23,25)/t12-/m0/s1. The minimum Gasteiger partial charge on any atom is -0.497 e. The van der Waals surface area contributed by atoms with Crippen LogP contribution in [0, 0.1) is 0 Å². The zero-order chi connectivity index (χ0) is 21.3. The number of rotatable bonds is 4. The van der Waals surface area contributed by atoms with Crippen LogP contribution >= 0.6 is 0 Å². The summed E-state index contributed by atoms with van der Waals surface area (Å²) in [5.74, 6) is -0.447. The third-order valence-corrected chi connectivity index (χ3v) is 4.25. The van der Waals surface area contributed by atoms with E-state index in [0.717, 1.165) is 0 Å². The molecule has 7 nitrogen and oxygen atoms in total. The minimum absolute atomic E-state index is 0.244. The molecule has 3 aromatic rings. The van der Waals surface area contributed by atoms with Gasteiger partial charge in [-0.25, -0.2) is 4.79 Å². The van der Waals surface area contributed by atoms with Crippen molar-refractivity contribution in [1.82, 2.24) is 5.32 Å². The highest BCUT2D eigenvalue weighted by molar-refractivity contribution is 6.00. The van der Waals surface area contributed by atoms with Crippen molar-refractivity contribution in [2.24, 2.45) is 0 Å². The highest BCUT2D eigenvalue weighted by atomic mass is 16.6. The van der Waals surface area contributed by atoms with Gasteiger partial charge in [0, 0.05) is 11.6 Å². The number of benzene rings is 2. The number of methoxy groups -OCH3 is 1. The Morgan fingerprint density at radius 3 is 2.41 bits per heavy atom. The van der Waals surface area contributed by atoms with Crippen LogP contribution < -0.4 is 15.5 Å². The van der Waals surface area contributed by atoms with Crippen molar-refractivity contribution in [3.63, 3.8) is 0 Å². The van der Waals surface area contributed by atoms with E-state index >= 15 is 0 Å². The van der Waals surface area contributed by atoms with Gasteiger partial charge in [-0.05, 0) is 58.0 Å². The summed E-state index contributed by atoms with van der Waals surface area (Å²) in [5.41, 5.74) is 0.0961. The smallest absolute Gasteiger partial charge is 0.328 e. The second-order valence-electron chi connectivity index (χ2n) is 7.73. The third-order valence-electron chi connectivity index (χ3n) is 4.25. The molecule has 0 unspecified atom stereocenters. The zero-order valence-electron chi connectivity index (χ0n) is 17.0. The van der Waals surface area contributed by atoms with Crippen molar-refractivity contribution >= 4 is 33.8 Å². The molecule has 0 aliphatic rings. The molecule has 1 N–H and O–H groups in total. The first-order chi connectivity index (χ1) is 13.6. The number of carbonyl (C=O) groups is 2. The van der Waals surface area contributed by atoms with Crippen LogP contribution in [0.2, 0.25) is 0 Å². The molecule has 0 spiro atoms. The monoisotopic (exact) mass is 397 g/mol. The van der Waals surface area contributed by atoms with Crippen LogP contribution in [-0.4, -0.2) is 30.6 Å². The van der Waals surface area contributed by atoms with Crippen LogP contribution in [0.1, 0.15) is 38.1 Å². The predicted molar refractivity (Wildman–Crippen MR) is 109 cm³/mol. The van der Waals surface area contributed by atoms with Gasteiger partial charge in [0.05, 0.1) is 17.9 Å². The van der Waals surface area contributed by atoms with E-state index in [0.29, 0.717) is 22.3 Å². The Labute approximate surface area is 167 Å². The Hall–Kier alpha value is -3.35. The van der Waals surface area contributed by atoms with Crippen LogP contribution in [0.3, 0.4) is 0 Å². The molecule has 1 amide bonds. The van der Waals surface area contributed by atoms with Crippen molar-refractivity contribution in [2.45, 2.75) is 39.3 Å². The molecule has 0 radical (unpaired) electrons. The molecule has 0 saturated carbocycles. The lowest BCUT2D eigenvalue weighted by atomic mass is 10.1. The van der Waals surface area contributed by atoms with Crippen LogP contribution in [-0.2, 0) is 9.53 Å². The van der Waals surface area contributed by atoms with E-state index in [1.807, 2.05) is 0 Å². The number of carbonyl (C=O) groups excluding carboxylic acids is 2. The predicted octanol–water partition coefficient (Wildman–Crippen LogP) is 3.41. The first-order valence-electron chi connectivity index (χ1n) is 9.17. The van der Waals surface area contributed by atoms with Gasteiger partial charge < -0.3 is 19.2 Å². The van der Waals surface area contributed by atoms with Gasteiger partial charge >= 0.3 is 5.97 Å². The van der Waals surface area contributed by atoms with Crippen LogP contribution in [0.5, 0.6) is 5.75 Å². The van der Waals surface area contributed by atoms with Gasteiger partial charge in [-0.2, -0.15) is 0 Å². The Balaban J connectivity index is 1.91. The van der Waals surface area contributed by atoms with Gasteiger partial charge in [0.25, 0.3) is 5.91 Å². The van der Waals surface area contributed by atoms with Gasteiger partial charge in [0.1, 0.15) is 28.6 Å². The van der Waals surface area contributed by atoms with E-state index < -0.39 is 23.5 Å². The summed E-state index contributed by atoms with van der Waals surface area (Å²) in [5, 5.41) is 3.26. The van der Waals surface area contributed by atoms with Gasteiger partial charge in [-0.1, -0.05) is 0 Å². The largest absolute Gasteiger partial charge is 0.497 e. The van der Waals surface area contributed by atoms with Crippen molar-refractivity contribution in [3.05, 3.63) is 52.2 Å². The Morgan fingerprint density at radius 1 is 1.03 bits per heavy atom. The molecule has 152 valence electrons. The second kappa shape index (κ2) is 7.58. The summed E-state index contributed by atoms with van der Waals surface area (Å²) in [7, 11) is 1.53. The number of hydrogen-bond acceptors (Lipinski definition) is 6. The molecule has 0 saturated heterocycles. The fraction of sp³-hybridized carbons (Fsp3) is 0.318. The Kier molecular flexibility index (Phi) is 5.33. The molecular formula is C22H23NO6. The average molecular weight is 397 g/mol. The van der Waals surface area contributed by atoms with Gasteiger partial charge in [0.15, 0.2) is 0 Å². The molecule has 1 atom stereocenters. The minimum atomic E-state index is -0.835. The van der Waals surface area contributed by atoms with Gasteiger partial charge in [-0.15, -0.1) is 0 Å². The molecule has 3 rings (SSSR count). The van der Waals surface area contributed by atoms with E-state index in [4.69, 9.17) is 13.9 Å². The molecular weight excluding hydrogens is 374 g/mol. The van der Waals surface area contributed by atoms with Crippen molar-refractivity contribution in [1.29, 1.82) is 0 Å². The summed E-state index contributed by atoms with van der Waals surface area (Å²) in [6.07, 6.45) is 0. The van der Waals surface area contributed by atoms with E-state index in [9.17, 15) is 14.4 Å². The highest BCUT2D eigenvalue weighted by Gasteiger charge is 2.23. The number of amides is 1. The molecule has 0 fully saturated rings. The fourth-order valence-corrected chi connectivity index (χ4v) is 2.83. The first-order valence-corrected chi connectivity index (χ1v) is 9.17. The molecule has 0 bridgehead atoms. The zero-order valence-corrected chi connectivity index (χ0v) is 17.0. The molecule has 2 aromatic carbocycles. The molecule has 29 heavy (non-hydrogen) atoms. The lowest BCUT2D eigenvalue weighted by Crippen LogP contribution is -2.42. The Morgan fingerprint density at radius 2 is 1.76 bits per heavy atom. The summed E-state index contributed by atoms with van der Waals surface area (Å²) in [6.45, 7) is 6.80. The topological polar surface area (TPSA) is 94.8 Å². The van der Waals surface area contributed by atoms with Crippen molar-refractivity contribution in [2.75, 3.05) is 7.11 Å². The van der Waals surface area contributed by atoms with E-state index in [1.165, 1.54) is 19.2 Å². The number of nitrogens with one attached hydrogen (secondary N) is 1. The first kappa shape index (κ1) is 20.4. The summed E-state index contributed by atoms with van der Waals surface area (Å²) in [4.78, 5) is 37.5. The fourth-order valence-electron chi connectivity index (χ4n) is 2.83. The maximum atomic E-state index is 12.8. The van der Waals surface area contributed by atoms with E-state index in [2.05, 4.69) is 5.32 Å². The normalized spacial score (nSPS) is 12.6. The molecule has 0 aliphatic carbocycles.